The second-order valence-electron chi connectivity index (χ2n) is 7.23. The topological polar surface area (TPSA) is 52.2 Å². The lowest BCUT2D eigenvalue weighted by Gasteiger charge is -2.29. The van der Waals surface area contributed by atoms with Gasteiger partial charge in [-0.05, 0) is 61.4 Å². The highest BCUT2D eigenvalue weighted by Gasteiger charge is 2.11. The van der Waals surface area contributed by atoms with Gasteiger partial charge in [-0.1, -0.05) is 7.43 Å². The van der Waals surface area contributed by atoms with E-state index in [4.69, 9.17) is 18.9 Å². The molecule has 2 heterocycles. The van der Waals surface area contributed by atoms with Gasteiger partial charge < -0.3 is 29.2 Å². The molecule has 2 aliphatic rings. The van der Waals surface area contributed by atoms with Crippen LogP contribution in [0.5, 0.6) is 11.5 Å². The number of nitrogens with zero attached hydrogens (tertiary/aromatic N) is 1. The van der Waals surface area contributed by atoms with Crippen molar-refractivity contribution in [2.45, 2.75) is 21.3 Å². The zero-order valence-electron chi connectivity index (χ0n) is 19.1. The second kappa shape index (κ2) is 15.5. The summed E-state index contributed by atoms with van der Waals surface area (Å²) in [6.45, 7) is 11.3. The Hall–Kier alpha value is -2.35. The van der Waals surface area contributed by atoms with E-state index in [2.05, 4.69) is 29.3 Å². The molecule has 2 fully saturated rings. The smallest absolute Gasteiger partial charge is 0.123 e. The molecule has 32 heavy (non-hydrogen) atoms. The number of ether oxygens (including phenoxy) is 4. The lowest BCUT2D eigenvalue weighted by Crippen LogP contribution is -2.36. The van der Waals surface area contributed by atoms with E-state index in [1.165, 1.54) is 23.4 Å². The van der Waals surface area contributed by atoms with Crippen molar-refractivity contribution in [2.24, 2.45) is 0 Å². The largest absolute Gasteiger partial charge is 0.496 e. The molecule has 0 spiro atoms. The van der Waals surface area contributed by atoms with Crippen LogP contribution in [0.15, 0.2) is 36.4 Å². The monoisotopic (exact) mass is 450 g/mol. The van der Waals surface area contributed by atoms with Crippen molar-refractivity contribution in [1.29, 1.82) is 0 Å². The predicted molar refractivity (Wildman–Crippen MR) is 129 cm³/mol. The van der Waals surface area contributed by atoms with Crippen LogP contribution in [0.3, 0.4) is 0 Å². The molecule has 1 N–H and O–H groups in total. The third kappa shape index (κ3) is 9.42. The van der Waals surface area contributed by atoms with Crippen molar-refractivity contribution in [3.8, 4) is 11.5 Å². The van der Waals surface area contributed by atoms with Crippen LogP contribution in [0.1, 0.15) is 18.6 Å². The van der Waals surface area contributed by atoms with E-state index in [0.717, 1.165) is 69.7 Å². The van der Waals surface area contributed by atoms with E-state index in [9.17, 15) is 4.39 Å². The first-order chi connectivity index (χ1) is 15.0. The molecular weight excluding hydrogens is 411 g/mol. The molecule has 2 aromatic carbocycles. The van der Waals surface area contributed by atoms with Crippen LogP contribution in [-0.4, -0.2) is 66.8 Å². The van der Waals surface area contributed by atoms with Gasteiger partial charge in [-0.3, -0.25) is 0 Å². The molecular formula is C25H39FN2O4. The normalized spacial score (nSPS) is 15.2. The average Bonchev–Trinajstić information content (AvgIpc) is 2.82. The number of morpholine rings is 2. The summed E-state index contributed by atoms with van der Waals surface area (Å²) < 4.78 is 32.9. The van der Waals surface area contributed by atoms with E-state index in [1.807, 2.05) is 13.0 Å². The average molecular weight is 451 g/mol. The highest BCUT2D eigenvalue weighted by atomic mass is 19.1. The molecule has 6 nitrogen and oxygen atoms in total. The maximum absolute atomic E-state index is 12.4. The Morgan fingerprint density at radius 2 is 1.34 bits per heavy atom. The third-order valence-electron chi connectivity index (χ3n) is 4.96. The molecule has 0 saturated carbocycles. The minimum absolute atomic E-state index is 0. The summed E-state index contributed by atoms with van der Waals surface area (Å²) >= 11 is 0. The minimum atomic E-state index is -0.224. The molecule has 0 unspecified atom stereocenters. The zero-order chi connectivity index (χ0) is 22.5. The number of rotatable bonds is 3. The number of halogens is 1. The maximum Gasteiger partial charge on any atom is 0.123 e. The molecule has 0 amide bonds. The van der Waals surface area contributed by atoms with Crippen molar-refractivity contribution in [3.63, 3.8) is 0 Å². The zero-order valence-corrected chi connectivity index (χ0v) is 19.1. The van der Waals surface area contributed by atoms with Crippen LogP contribution in [0, 0.1) is 19.7 Å². The number of methoxy groups -OCH3 is 2. The quantitative estimate of drug-likeness (QED) is 0.756. The molecule has 2 aliphatic heterocycles. The summed E-state index contributed by atoms with van der Waals surface area (Å²) in [5, 5.41) is 3.16. The summed E-state index contributed by atoms with van der Waals surface area (Å²) in [6.07, 6.45) is 0. The summed E-state index contributed by atoms with van der Waals surface area (Å²) in [5.41, 5.74) is 3.26. The molecule has 0 bridgehead atoms. The van der Waals surface area contributed by atoms with Gasteiger partial charge in [0.2, 0.25) is 0 Å². The van der Waals surface area contributed by atoms with Crippen LogP contribution in [-0.2, 0) is 9.47 Å². The van der Waals surface area contributed by atoms with Crippen molar-refractivity contribution in [1.82, 2.24) is 5.32 Å². The van der Waals surface area contributed by atoms with E-state index in [0.29, 0.717) is 0 Å². The lowest BCUT2D eigenvalue weighted by molar-refractivity contribution is 0.109. The summed E-state index contributed by atoms with van der Waals surface area (Å²) in [4.78, 5) is 2.34. The predicted octanol–water partition coefficient (Wildman–Crippen LogP) is 4.23. The fourth-order valence-corrected chi connectivity index (χ4v) is 3.24. The van der Waals surface area contributed by atoms with Crippen LogP contribution in [0.25, 0.3) is 0 Å². The third-order valence-corrected chi connectivity index (χ3v) is 4.96. The molecule has 180 valence electrons. The van der Waals surface area contributed by atoms with E-state index in [1.54, 1.807) is 20.3 Å². The molecule has 0 radical (unpaired) electrons. The van der Waals surface area contributed by atoms with Crippen molar-refractivity contribution in [3.05, 3.63) is 53.3 Å². The van der Waals surface area contributed by atoms with Crippen LogP contribution in [0.2, 0.25) is 0 Å². The first kappa shape index (κ1) is 27.7. The van der Waals surface area contributed by atoms with Crippen molar-refractivity contribution >= 4 is 5.69 Å². The van der Waals surface area contributed by atoms with Gasteiger partial charge in [0.05, 0.1) is 40.6 Å². The Bertz CT molecular complexity index is 767. The number of aryl methyl sites for hydroxylation is 2. The summed E-state index contributed by atoms with van der Waals surface area (Å²) in [5.74, 6) is 1.45. The van der Waals surface area contributed by atoms with Crippen LogP contribution >= 0.6 is 0 Å². The lowest BCUT2D eigenvalue weighted by atomic mass is 10.2. The Labute approximate surface area is 192 Å². The molecule has 0 aromatic heterocycles. The van der Waals surface area contributed by atoms with Crippen LogP contribution in [0.4, 0.5) is 10.1 Å². The van der Waals surface area contributed by atoms with Gasteiger partial charge in [0.15, 0.2) is 0 Å². The first-order valence-corrected chi connectivity index (χ1v) is 10.6. The number of nitrogens with one attached hydrogen (secondary N) is 1. The van der Waals surface area contributed by atoms with E-state index in [-0.39, 0.29) is 13.2 Å². The Kier molecular flexibility index (Phi) is 13.4. The van der Waals surface area contributed by atoms with Gasteiger partial charge in [0.25, 0.3) is 0 Å². The van der Waals surface area contributed by atoms with Gasteiger partial charge in [-0.15, -0.1) is 0 Å². The van der Waals surface area contributed by atoms with Gasteiger partial charge >= 0.3 is 0 Å². The maximum atomic E-state index is 12.4. The summed E-state index contributed by atoms with van der Waals surface area (Å²) in [6, 6.07) is 10.7. The Morgan fingerprint density at radius 3 is 1.78 bits per heavy atom. The SMILES string of the molecule is C.C1COCCN1.COc1ccc(F)cc1C.COc1ccc(N2CCOCC2)cc1C. The molecule has 0 atom stereocenters. The summed E-state index contributed by atoms with van der Waals surface area (Å²) in [7, 11) is 3.27. The fraction of sp³-hybridized carbons (Fsp3) is 0.520. The van der Waals surface area contributed by atoms with Crippen molar-refractivity contribution in [2.75, 3.05) is 71.7 Å². The molecule has 2 aromatic rings. The Balaban J connectivity index is 0.000000260. The number of hydrogen-bond acceptors (Lipinski definition) is 6. The number of hydrogen-bond donors (Lipinski definition) is 1. The van der Waals surface area contributed by atoms with Gasteiger partial charge in [0, 0.05) is 31.9 Å². The van der Waals surface area contributed by atoms with Gasteiger partial charge in [-0.25, -0.2) is 4.39 Å². The molecule has 2 saturated heterocycles. The molecule has 7 heteroatoms. The fourth-order valence-electron chi connectivity index (χ4n) is 3.24. The number of anilines is 1. The van der Waals surface area contributed by atoms with Crippen molar-refractivity contribution < 1.29 is 23.3 Å². The molecule has 0 aliphatic carbocycles. The van der Waals surface area contributed by atoms with E-state index < -0.39 is 0 Å². The molecule has 4 rings (SSSR count). The minimum Gasteiger partial charge on any atom is -0.496 e. The van der Waals surface area contributed by atoms with Crippen LogP contribution < -0.4 is 19.7 Å². The second-order valence-corrected chi connectivity index (χ2v) is 7.23. The first-order valence-electron chi connectivity index (χ1n) is 10.6. The standard InChI is InChI=1S/C12H17NO2.C8H9FO.C4H9NO.CH4/c1-10-9-11(3-4-12(10)14-2)13-5-7-15-8-6-13;1-6-5-7(9)3-4-8(6)10-2;1-3-6-4-2-5-1;/h3-4,9H,5-8H2,1-2H3;3-5H,1-2H3;5H,1-4H2;1H4. The Morgan fingerprint density at radius 1 is 0.812 bits per heavy atom. The highest BCUT2D eigenvalue weighted by Crippen LogP contribution is 2.24. The number of benzene rings is 2. The van der Waals surface area contributed by atoms with Gasteiger partial charge in [-0.2, -0.15) is 0 Å². The van der Waals surface area contributed by atoms with Gasteiger partial charge in [0.1, 0.15) is 17.3 Å². The van der Waals surface area contributed by atoms with E-state index >= 15 is 0 Å². The highest BCUT2D eigenvalue weighted by molar-refractivity contribution is 5.53.